The highest BCUT2D eigenvalue weighted by atomic mass is 35.5. The highest BCUT2D eigenvalue weighted by molar-refractivity contribution is 6.35. The van der Waals surface area contributed by atoms with Gasteiger partial charge in [-0.2, -0.15) is 0 Å². The van der Waals surface area contributed by atoms with E-state index in [2.05, 4.69) is 4.98 Å². The molecule has 1 aromatic carbocycles. The van der Waals surface area contributed by atoms with E-state index in [1.807, 2.05) is 18.2 Å². The first-order chi connectivity index (χ1) is 9.20. The lowest BCUT2D eigenvalue weighted by Crippen LogP contribution is -2.06. The number of hydrogen-bond donors (Lipinski definition) is 1. The zero-order chi connectivity index (χ0) is 13.7. The Labute approximate surface area is 122 Å². The molecule has 2 aromatic rings. The Bertz CT molecular complexity index is 547. The Balaban J connectivity index is 2.19. The van der Waals surface area contributed by atoms with E-state index in [1.54, 1.807) is 18.5 Å². The first-order valence-electron chi connectivity index (χ1n) is 5.90. The fraction of sp³-hybridized carbons (Fsp3) is 0.214. The molecule has 0 spiro atoms. The van der Waals surface area contributed by atoms with Crippen molar-refractivity contribution in [3.05, 3.63) is 57.8 Å². The number of hydrogen-bond acceptors (Lipinski definition) is 3. The quantitative estimate of drug-likeness (QED) is 0.919. The highest BCUT2D eigenvalue weighted by Crippen LogP contribution is 2.33. The third kappa shape index (κ3) is 3.83. The van der Waals surface area contributed by atoms with Crippen molar-refractivity contribution in [1.29, 1.82) is 0 Å². The van der Waals surface area contributed by atoms with Crippen LogP contribution in [0.2, 0.25) is 10.0 Å². The number of nitrogens with zero attached hydrogens (tertiary/aromatic N) is 1. The van der Waals surface area contributed by atoms with E-state index in [4.69, 9.17) is 33.7 Å². The maximum absolute atomic E-state index is 6.17. The second-order valence-corrected chi connectivity index (χ2v) is 4.91. The monoisotopic (exact) mass is 296 g/mol. The Morgan fingerprint density at radius 3 is 2.79 bits per heavy atom. The lowest BCUT2D eigenvalue weighted by molar-refractivity contribution is 0.303. The summed E-state index contributed by atoms with van der Waals surface area (Å²) in [5.41, 5.74) is 7.48. The second-order valence-electron chi connectivity index (χ2n) is 4.06. The lowest BCUT2D eigenvalue weighted by Gasteiger charge is -2.13. The minimum absolute atomic E-state index is 0.409. The minimum atomic E-state index is 0.409. The van der Waals surface area contributed by atoms with Gasteiger partial charge in [0.05, 0.1) is 5.02 Å². The standard InChI is InChI=1S/C14H14Cl2N2O/c15-12-6-11(3-4-17)14(13(16)7-12)19-9-10-2-1-5-18-8-10/h1-2,5-8H,3-4,9,17H2. The maximum Gasteiger partial charge on any atom is 0.141 e. The first kappa shape index (κ1) is 14.1. The molecule has 0 unspecified atom stereocenters. The van der Waals surface area contributed by atoms with Crippen molar-refractivity contribution in [2.75, 3.05) is 6.54 Å². The van der Waals surface area contributed by atoms with Gasteiger partial charge in [-0.1, -0.05) is 29.3 Å². The summed E-state index contributed by atoms with van der Waals surface area (Å²) in [5, 5.41) is 1.09. The zero-order valence-electron chi connectivity index (χ0n) is 10.3. The molecule has 0 aliphatic heterocycles. The minimum Gasteiger partial charge on any atom is -0.487 e. The average molecular weight is 297 g/mol. The second kappa shape index (κ2) is 6.75. The van der Waals surface area contributed by atoms with Gasteiger partial charge in [0.1, 0.15) is 12.4 Å². The van der Waals surface area contributed by atoms with Crippen molar-refractivity contribution >= 4 is 23.2 Å². The van der Waals surface area contributed by atoms with Gasteiger partial charge in [0.25, 0.3) is 0 Å². The summed E-state index contributed by atoms with van der Waals surface area (Å²) in [6.07, 6.45) is 4.15. The van der Waals surface area contributed by atoms with Gasteiger partial charge >= 0.3 is 0 Å². The van der Waals surface area contributed by atoms with E-state index in [0.29, 0.717) is 35.4 Å². The summed E-state index contributed by atoms with van der Waals surface area (Å²) >= 11 is 12.2. The summed E-state index contributed by atoms with van der Waals surface area (Å²) < 4.78 is 5.78. The van der Waals surface area contributed by atoms with Crippen LogP contribution in [0.4, 0.5) is 0 Å². The van der Waals surface area contributed by atoms with Crippen molar-refractivity contribution in [3.63, 3.8) is 0 Å². The van der Waals surface area contributed by atoms with Crippen LogP contribution in [-0.4, -0.2) is 11.5 Å². The van der Waals surface area contributed by atoms with E-state index < -0.39 is 0 Å². The van der Waals surface area contributed by atoms with Crippen molar-refractivity contribution in [3.8, 4) is 5.75 Å². The molecule has 0 aliphatic rings. The summed E-state index contributed by atoms with van der Waals surface area (Å²) in [4.78, 5) is 4.04. The van der Waals surface area contributed by atoms with Crippen LogP contribution < -0.4 is 10.5 Å². The molecule has 3 nitrogen and oxygen atoms in total. The van der Waals surface area contributed by atoms with Crippen LogP contribution in [0, 0.1) is 0 Å². The Morgan fingerprint density at radius 1 is 1.26 bits per heavy atom. The maximum atomic E-state index is 6.17. The van der Waals surface area contributed by atoms with E-state index in [9.17, 15) is 0 Å². The fourth-order valence-electron chi connectivity index (χ4n) is 1.76. The van der Waals surface area contributed by atoms with Gasteiger partial charge in [-0.3, -0.25) is 4.98 Å². The van der Waals surface area contributed by atoms with Gasteiger partial charge in [0.2, 0.25) is 0 Å². The molecule has 100 valence electrons. The van der Waals surface area contributed by atoms with Gasteiger partial charge in [-0.05, 0) is 36.7 Å². The topological polar surface area (TPSA) is 48.1 Å². The molecular weight excluding hydrogens is 283 g/mol. The Hall–Kier alpha value is -1.29. The third-order valence-electron chi connectivity index (χ3n) is 2.60. The average Bonchev–Trinajstić information content (AvgIpc) is 2.39. The molecule has 0 bridgehead atoms. The molecule has 2 N–H and O–H groups in total. The molecule has 0 saturated carbocycles. The van der Waals surface area contributed by atoms with Gasteiger partial charge < -0.3 is 10.5 Å². The predicted octanol–water partition coefficient (Wildman–Crippen LogP) is 3.47. The van der Waals surface area contributed by atoms with Crippen LogP contribution in [0.5, 0.6) is 5.75 Å². The smallest absolute Gasteiger partial charge is 0.141 e. The SMILES string of the molecule is NCCc1cc(Cl)cc(Cl)c1OCc1cccnc1. The summed E-state index contributed by atoms with van der Waals surface area (Å²) in [7, 11) is 0. The molecule has 5 heteroatoms. The predicted molar refractivity (Wildman–Crippen MR) is 77.8 cm³/mol. The van der Waals surface area contributed by atoms with E-state index >= 15 is 0 Å². The van der Waals surface area contributed by atoms with Gasteiger partial charge in [-0.25, -0.2) is 0 Å². The summed E-state index contributed by atoms with van der Waals surface area (Å²) in [6, 6.07) is 7.31. The lowest BCUT2D eigenvalue weighted by atomic mass is 10.1. The third-order valence-corrected chi connectivity index (χ3v) is 3.10. The summed E-state index contributed by atoms with van der Waals surface area (Å²) in [6.45, 7) is 0.923. The van der Waals surface area contributed by atoms with Crippen molar-refractivity contribution in [1.82, 2.24) is 4.98 Å². The van der Waals surface area contributed by atoms with E-state index in [1.165, 1.54) is 0 Å². The number of benzene rings is 1. The van der Waals surface area contributed by atoms with Crippen LogP contribution in [0.3, 0.4) is 0 Å². The van der Waals surface area contributed by atoms with Gasteiger partial charge in [-0.15, -0.1) is 0 Å². The number of rotatable bonds is 5. The van der Waals surface area contributed by atoms with Crippen molar-refractivity contribution in [2.24, 2.45) is 5.73 Å². The normalized spacial score (nSPS) is 10.5. The molecule has 0 amide bonds. The first-order valence-corrected chi connectivity index (χ1v) is 6.66. The largest absolute Gasteiger partial charge is 0.487 e. The van der Waals surface area contributed by atoms with Crippen LogP contribution in [0.25, 0.3) is 0 Å². The van der Waals surface area contributed by atoms with Crippen LogP contribution in [0.15, 0.2) is 36.7 Å². The van der Waals surface area contributed by atoms with Crippen LogP contribution >= 0.6 is 23.2 Å². The number of ether oxygens (including phenoxy) is 1. The van der Waals surface area contributed by atoms with E-state index in [0.717, 1.165) is 11.1 Å². The molecule has 0 radical (unpaired) electrons. The molecule has 19 heavy (non-hydrogen) atoms. The molecule has 0 saturated heterocycles. The highest BCUT2D eigenvalue weighted by Gasteiger charge is 2.10. The molecule has 0 atom stereocenters. The Morgan fingerprint density at radius 2 is 2.11 bits per heavy atom. The van der Waals surface area contributed by atoms with Gasteiger partial charge in [0, 0.05) is 23.0 Å². The Kier molecular flexibility index (Phi) is 5.02. The molecule has 1 heterocycles. The van der Waals surface area contributed by atoms with E-state index in [-0.39, 0.29) is 0 Å². The fourth-order valence-corrected chi connectivity index (χ4v) is 2.35. The summed E-state index contributed by atoms with van der Waals surface area (Å²) in [5.74, 6) is 0.639. The molecule has 0 aliphatic carbocycles. The zero-order valence-corrected chi connectivity index (χ0v) is 11.8. The van der Waals surface area contributed by atoms with Crippen molar-refractivity contribution in [2.45, 2.75) is 13.0 Å². The number of aromatic nitrogens is 1. The molecule has 0 fully saturated rings. The molecular formula is C14H14Cl2N2O. The van der Waals surface area contributed by atoms with Crippen LogP contribution in [-0.2, 0) is 13.0 Å². The van der Waals surface area contributed by atoms with Crippen molar-refractivity contribution < 1.29 is 4.74 Å². The van der Waals surface area contributed by atoms with Gasteiger partial charge in [0.15, 0.2) is 0 Å². The number of halogens is 2. The number of nitrogens with two attached hydrogens (primary N) is 1. The molecule has 1 aromatic heterocycles. The molecule has 2 rings (SSSR count). The number of pyridine rings is 1. The van der Waals surface area contributed by atoms with Crippen LogP contribution in [0.1, 0.15) is 11.1 Å².